The van der Waals surface area contributed by atoms with Crippen molar-refractivity contribution in [3.05, 3.63) is 73.7 Å². The summed E-state index contributed by atoms with van der Waals surface area (Å²) in [6.45, 7) is 34.3. The highest BCUT2D eigenvalue weighted by molar-refractivity contribution is 7.04. The maximum atomic E-state index is 11.9. The summed E-state index contributed by atoms with van der Waals surface area (Å²) in [4.78, 5) is 11.9. The molecule has 3 nitrogen and oxygen atoms in total. The quantitative estimate of drug-likeness (QED) is 0.109. The van der Waals surface area contributed by atoms with Crippen LogP contribution in [0.15, 0.2) is 73.7 Å². The largest absolute Gasteiger partial charge is 0.508 e. The summed E-state index contributed by atoms with van der Waals surface area (Å²) in [6, 6.07) is 2.18. The molecule has 0 saturated heterocycles. The molecule has 0 fully saturated rings. The molecule has 0 aromatic rings. The first-order valence-corrected chi connectivity index (χ1v) is 23.2. The average Bonchev–Trinajstić information content (AvgIpc) is 2.76. The Kier molecular flexibility index (Phi) is 13.4. The lowest BCUT2D eigenvalue weighted by atomic mass is 10.5. The van der Waals surface area contributed by atoms with Crippen LogP contribution in [-0.4, -0.2) is 51.7 Å². The number of hydrogen-bond acceptors (Lipinski definition) is 3. The normalized spacial score (nSPS) is 12.4. The standard InChI is InChI=1S/C25H46O3Si4/c1-11-31(12-2,13-3)23-29(7,8)21-17-19-27-25(26)28-20-18-22-30(9,10)24-32(14-4,15-5)16-6/h11-16H,1-6,17-24H2,7-10H3. The van der Waals surface area contributed by atoms with Crippen LogP contribution < -0.4 is 0 Å². The van der Waals surface area contributed by atoms with Crippen molar-refractivity contribution >= 4 is 38.5 Å². The van der Waals surface area contributed by atoms with Crippen molar-refractivity contribution in [2.75, 3.05) is 13.2 Å². The van der Waals surface area contributed by atoms with Gasteiger partial charge in [0, 0.05) is 16.1 Å². The highest BCUT2D eigenvalue weighted by atomic mass is 28.4. The molecule has 0 N–H and O–H groups in total. The molecule has 0 atom stereocenters. The summed E-state index contributed by atoms with van der Waals surface area (Å²) < 4.78 is 10.6. The molecule has 0 aromatic heterocycles. The molecule has 0 aliphatic carbocycles. The Bertz CT molecular complexity index is 583. The van der Waals surface area contributed by atoms with E-state index in [9.17, 15) is 4.79 Å². The van der Waals surface area contributed by atoms with Crippen LogP contribution in [0.1, 0.15) is 12.8 Å². The molecule has 0 unspecified atom stereocenters. The van der Waals surface area contributed by atoms with Crippen molar-refractivity contribution in [3.63, 3.8) is 0 Å². The molecule has 0 bridgehead atoms. The minimum Gasteiger partial charge on any atom is -0.434 e. The molecule has 0 aliphatic rings. The van der Waals surface area contributed by atoms with Crippen molar-refractivity contribution < 1.29 is 14.3 Å². The van der Waals surface area contributed by atoms with Gasteiger partial charge in [-0.15, -0.1) is 39.5 Å². The van der Waals surface area contributed by atoms with Crippen LogP contribution in [0.2, 0.25) is 49.6 Å². The van der Waals surface area contributed by atoms with Gasteiger partial charge in [-0.25, -0.2) is 4.79 Å². The molecule has 0 rings (SSSR count). The van der Waals surface area contributed by atoms with E-state index in [-0.39, 0.29) is 0 Å². The first-order chi connectivity index (χ1) is 14.9. The molecule has 180 valence electrons. The Morgan fingerprint density at radius 1 is 0.625 bits per heavy atom. The summed E-state index contributed by atoms with van der Waals surface area (Å²) in [7, 11) is -6.47. The minimum absolute atomic E-state index is 0.409. The second kappa shape index (κ2) is 14.0. The Labute approximate surface area is 201 Å². The third-order valence-electron chi connectivity index (χ3n) is 6.29. The van der Waals surface area contributed by atoms with Gasteiger partial charge in [0.2, 0.25) is 0 Å². The molecule has 0 spiro atoms. The summed E-state index contributed by atoms with van der Waals surface area (Å²) in [5, 5.41) is 0. The summed E-state index contributed by atoms with van der Waals surface area (Å²) in [5.41, 5.74) is 14.7. The highest BCUT2D eigenvalue weighted by Gasteiger charge is 2.33. The van der Waals surface area contributed by atoms with Gasteiger partial charge in [0.15, 0.2) is 0 Å². The molecule has 0 amide bonds. The molecular weight excluding hydrogens is 461 g/mol. The second-order valence-electron chi connectivity index (χ2n) is 10.3. The smallest absolute Gasteiger partial charge is 0.434 e. The Morgan fingerprint density at radius 2 is 0.906 bits per heavy atom. The fourth-order valence-corrected chi connectivity index (χ4v) is 25.6. The third-order valence-corrected chi connectivity index (χ3v) is 26.8. The van der Waals surface area contributed by atoms with Gasteiger partial charge in [0.25, 0.3) is 0 Å². The van der Waals surface area contributed by atoms with E-state index in [1.165, 1.54) is 0 Å². The number of ether oxygens (including phenoxy) is 2. The van der Waals surface area contributed by atoms with E-state index in [1.54, 1.807) is 0 Å². The summed E-state index contributed by atoms with van der Waals surface area (Å²) in [6.07, 6.45) is 1.17. The summed E-state index contributed by atoms with van der Waals surface area (Å²) >= 11 is 0. The van der Waals surface area contributed by atoms with Gasteiger partial charge in [-0.1, -0.05) is 83.8 Å². The lowest BCUT2D eigenvalue weighted by molar-refractivity contribution is 0.0553. The van der Waals surface area contributed by atoms with Crippen molar-refractivity contribution in [1.82, 2.24) is 0 Å². The maximum absolute atomic E-state index is 11.9. The lowest BCUT2D eigenvalue weighted by Gasteiger charge is -2.31. The van der Waals surface area contributed by atoms with Crippen molar-refractivity contribution in [1.29, 1.82) is 0 Å². The van der Waals surface area contributed by atoms with Crippen molar-refractivity contribution in [2.24, 2.45) is 0 Å². The zero-order chi connectivity index (χ0) is 24.9. The van der Waals surface area contributed by atoms with Crippen LogP contribution in [-0.2, 0) is 9.47 Å². The van der Waals surface area contributed by atoms with Crippen LogP contribution in [0.4, 0.5) is 4.79 Å². The first-order valence-electron chi connectivity index (χ1n) is 11.5. The zero-order valence-corrected chi connectivity index (χ0v) is 25.1. The predicted octanol–water partition coefficient (Wildman–Crippen LogP) is 7.66. The first kappa shape index (κ1) is 30.6. The third kappa shape index (κ3) is 10.9. The topological polar surface area (TPSA) is 35.5 Å². The van der Waals surface area contributed by atoms with Gasteiger partial charge in [0.05, 0.1) is 13.2 Å². The van der Waals surface area contributed by atoms with Crippen molar-refractivity contribution in [2.45, 2.75) is 62.5 Å². The summed E-state index contributed by atoms with van der Waals surface area (Å²) in [5.74, 6) is 0. The maximum Gasteiger partial charge on any atom is 0.508 e. The van der Waals surface area contributed by atoms with Gasteiger partial charge in [-0.05, 0) is 12.8 Å². The van der Waals surface area contributed by atoms with Gasteiger partial charge in [0.1, 0.15) is 16.1 Å². The van der Waals surface area contributed by atoms with E-state index in [4.69, 9.17) is 9.47 Å². The number of carbonyl (C=O) groups excluding carboxylic acids is 1. The van der Waals surface area contributed by atoms with Crippen LogP contribution in [0.3, 0.4) is 0 Å². The van der Waals surface area contributed by atoms with Crippen LogP contribution >= 0.6 is 0 Å². The van der Waals surface area contributed by atoms with Gasteiger partial charge < -0.3 is 9.47 Å². The molecule has 32 heavy (non-hydrogen) atoms. The SMILES string of the molecule is C=C[Si](C=C)(C=C)C[Si](C)(C)CCCOC(=O)OCCC[Si](C)(C)C[Si](C=C)(C=C)C=C. The van der Waals surface area contributed by atoms with E-state index in [0.29, 0.717) is 13.2 Å². The van der Waals surface area contributed by atoms with Crippen molar-refractivity contribution in [3.8, 4) is 0 Å². The molecule has 0 heterocycles. The van der Waals surface area contributed by atoms with E-state index in [0.717, 1.165) is 36.3 Å². The fraction of sp³-hybridized carbons (Fsp3) is 0.480. The van der Waals surface area contributed by atoms with E-state index >= 15 is 0 Å². The number of hydrogen-bond donors (Lipinski definition) is 0. The van der Waals surface area contributed by atoms with Gasteiger partial charge >= 0.3 is 6.16 Å². The molecule has 0 radical (unpaired) electrons. The Balaban J connectivity index is 4.29. The number of rotatable bonds is 18. The highest BCUT2D eigenvalue weighted by Crippen LogP contribution is 2.28. The van der Waals surface area contributed by atoms with Gasteiger partial charge in [-0.2, -0.15) is 0 Å². The lowest BCUT2D eigenvalue weighted by Crippen LogP contribution is -2.40. The predicted molar refractivity (Wildman–Crippen MR) is 153 cm³/mol. The monoisotopic (exact) mass is 506 g/mol. The van der Waals surface area contributed by atoms with Crippen LogP contribution in [0.25, 0.3) is 0 Å². The molecule has 0 saturated carbocycles. The van der Waals surface area contributed by atoms with E-state index in [1.807, 2.05) is 0 Å². The number of carbonyl (C=O) groups is 1. The van der Waals surface area contributed by atoms with Gasteiger partial charge in [-0.3, -0.25) is 0 Å². The van der Waals surface area contributed by atoms with Crippen LogP contribution in [0, 0.1) is 0 Å². The average molecular weight is 507 g/mol. The molecule has 0 aromatic carbocycles. The van der Waals surface area contributed by atoms with E-state index in [2.05, 4.69) is 99.9 Å². The molecule has 0 aliphatic heterocycles. The molecular formula is C25H46O3Si4. The zero-order valence-electron chi connectivity index (χ0n) is 21.1. The minimum atomic E-state index is -1.78. The second-order valence-corrected chi connectivity index (χ2v) is 29.7. The molecule has 7 heteroatoms. The Hall–Kier alpha value is -1.42. The Morgan fingerprint density at radius 3 is 1.16 bits per heavy atom. The van der Waals surface area contributed by atoms with E-state index < -0.39 is 38.5 Å². The fourth-order valence-electron chi connectivity index (χ4n) is 4.22. The van der Waals surface area contributed by atoms with Crippen LogP contribution in [0.5, 0.6) is 0 Å².